The number of fused-ring (bicyclic) bond motifs is 1. The number of aromatic nitrogens is 1. The number of nitrogens with zero attached hydrogens (tertiary/aromatic N) is 1. The molecule has 0 N–H and O–H groups in total. The Morgan fingerprint density at radius 3 is 2.76 bits per heavy atom. The maximum absolute atomic E-state index is 6.05. The number of rotatable bonds is 8. The fraction of sp³-hybridized carbons (Fsp3) is 0.500. The molecule has 1 aromatic carbocycles. The Morgan fingerprint density at radius 1 is 1.24 bits per heavy atom. The summed E-state index contributed by atoms with van der Waals surface area (Å²) in [6.07, 6.45) is 4.87. The molecule has 0 aliphatic heterocycles. The summed E-state index contributed by atoms with van der Waals surface area (Å²) in [5.41, 5.74) is 2.03. The predicted octanol–water partition coefficient (Wildman–Crippen LogP) is 5.57. The number of hydrogen-bond donors (Lipinski definition) is 0. The molecule has 0 radical (unpaired) electrons. The molecular formula is C18H24ClNO. The lowest BCUT2D eigenvalue weighted by molar-refractivity contribution is 0.226. The van der Waals surface area contributed by atoms with Gasteiger partial charge in [-0.3, -0.25) is 0 Å². The molecule has 2 nitrogen and oxygen atoms in total. The third-order valence-corrected chi connectivity index (χ3v) is 4.22. The van der Waals surface area contributed by atoms with E-state index >= 15 is 0 Å². The minimum absolute atomic E-state index is 0.479. The Balaban J connectivity index is 2.11. The minimum Gasteiger partial charge on any atom is -0.477 e. The average Bonchev–Trinajstić information content (AvgIpc) is 2.54. The van der Waals surface area contributed by atoms with Crippen molar-refractivity contribution >= 4 is 22.5 Å². The van der Waals surface area contributed by atoms with Crippen LogP contribution in [-0.2, 0) is 5.88 Å². The Bertz CT molecular complexity index is 570. The Hall–Kier alpha value is -1.28. The van der Waals surface area contributed by atoms with Gasteiger partial charge in [-0.05, 0) is 24.0 Å². The normalized spacial score (nSPS) is 12.5. The van der Waals surface area contributed by atoms with E-state index in [1.807, 2.05) is 24.3 Å². The molecule has 1 atom stereocenters. The Kier molecular flexibility index (Phi) is 6.31. The monoisotopic (exact) mass is 305 g/mol. The molecule has 2 aromatic rings. The van der Waals surface area contributed by atoms with E-state index in [0.717, 1.165) is 29.5 Å². The molecule has 0 aliphatic carbocycles. The van der Waals surface area contributed by atoms with Crippen molar-refractivity contribution < 1.29 is 4.74 Å². The lowest BCUT2D eigenvalue weighted by Gasteiger charge is -2.16. The van der Waals surface area contributed by atoms with Crippen molar-refractivity contribution in [3.05, 3.63) is 35.9 Å². The van der Waals surface area contributed by atoms with Crippen LogP contribution in [0.5, 0.6) is 5.88 Å². The van der Waals surface area contributed by atoms with E-state index < -0.39 is 0 Å². The number of ether oxygens (including phenoxy) is 1. The standard InChI is InChI=1S/C18H24ClNO/c1-3-5-8-14(4-2)13-21-18-11-15(12-19)16-9-6-7-10-17(16)20-18/h6-7,9-11,14H,3-5,8,12-13H2,1-2H3. The van der Waals surface area contributed by atoms with Crippen molar-refractivity contribution in [1.29, 1.82) is 0 Å². The second-order valence-corrected chi connectivity index (χ2v) is 5.77. The van der Waals surface area contributed by atoms with Crippen molar-refractivity contribution in [1.82, 2.24) is 4.98 Å². The zero-order valence-corrected chi connectivity index (χ0v) is 13.7. The largest absolute Gasteiger partial charge is 0.477 e. The summed E-state index contributed by atoms with van der Waals surface area (Å²) in [6.45, 7) is 5.19. The van der Waals surface area contributed by atoms with Gasteiger partial charge in [0.2, 0.25) is 5.88 Å². The molecule has 0 amide bonds. The first-order chi connectivity index (χ1) is 10.3. The lowest BCUT2D eigenvalue weighted by Crippen LogP contribution is -2.12. The summed E-state index contributed by atoms with van der Waals surface area (Å²) in [6, 6.07) is 10.0. The van der Waals surface area contributed by atoms with Gasteiger partial charge < -0.3 is 4.74 Å². The third-order valence-electron chi connectivity index (χ3n) is 3.93. The summed E-state index contributed by atoms with van der Waals surface area (Å²) in [5, 5.41) is 1.11. The van der Waals surface area contributed by atoms with E-state index in [-0.39, 0.29) is 0 Å². The molecule has 0 spiro atoms. The van der Waals surface area contributed by atoms with Crippen molar-refractivity contribution in [3.63, 3.8) is 0 Å². The van der Waals surface area contributed by atoms with Crippen LogP contribution in [0, 0.1) is 5.92 Å². The first kappa shape index (κ1) is 16.1. The van der Waals surface area contributed by atoms with E-state index in [0.29, 0.717) is 17.7 Å². The average molecular weight is 306 g/mol. The zero-order chi connectivity index (χ0) is 15.1. The SMILES string of the molecule is CCCCC(CC)COc1cc(CCl)c2ccccc2n1. The van der Waals surface area contributed by atoms with Gasteiger partial charge in [0, 0.05) is 17.3 Å². The maximum atomic E-state index is 6.05. The Morgan fingerprint density at radius 2 is 2.05 bits per heavy atom. The summed E-state index contributed by atoms with van der Waals surface area (Å²) in [5.74, 6) is 1.78. The van der Waals surface area contributed by atoms with Crippen LogP contribution >= 0.6 is 11.6 Å². The highest BCUT2D eigenvalue weighted by Crippen LogP contribution is 2.24. The molecule has 0 saturated carbocycles. The molecule has 1 unspecified atom stereocenters. The number of benzene rings is 1. The van der Waals surface area contributed by atoms with Crippen molar-refractivity contribution in [2.75, 3.05) is 6.61 Å². The molecule has 3 heteroatoms. The highest BCUT2D eigenvalue weighted by molar-refractivity contribution is 6.18. The topological polar surface area (TPSA) is 22.1 Å². The fourth-order valence-corrected chi connectivity index (χ4v) is 2.73. The van der Waals surface area contributed by atoms with Gasteiger partial charge in [-0.2, -0.15) is 0 Å². The van der Waals surface area contributed by atoms with Gasteiger partial charge in [-0.25, -0.2) is 4.98 Å². The van der Waals surface area contributed by atoms with Gasteiger partial charge in [-0.1, -0.05) is 51.3 Å². The van der Waals surface area contributed by atoms with Crippen molar-refractivity contribution in [2.24, 2.45) is 5.92 Å². The van der Waals surface area contributed by atoms with E-state index in [4.69, 9.17) is 16.3 Å². The number of unbranched alkanes of at least 4 members (excludes halogenated alkanes) is 1. The summed E-state index contributed by atoms with van der Waals surface area (Å²) in [7, 11) is 0. The highest BCUT2D eigenvalue weighted by atomic mass is 35.5. The molecular weight excluding hydrogens is 282 g/mol. The van der Waals surface area contributed by atoms with Gasteiger partial charge in [0.25, 0.3) is 0 Å². The summed E-state index contributed by atoms with van der Waals surface area (Å²) < 4.78 is 5.94. The van der Waals surface area contributed by atoms with Crippen LogP contribution in [0.25, 0.3) is 10.9 Å². The smallest absolute Gasteiger partial charge is 0.214 e. The summed E-state index contributed by atoms with van der Waals surface area (Å²) >= 11 is 6.05. The van der Waals surface area contributed by atoms with Gasteiger partial charge >= 0.3 is 0 Å². The minimum atomic E-state index is 0.479. The fourth-order valence-electron chi connectivity index (χ4n) is 2.51. The van der Waals surface area contributed by atoms with Gasteiger partial charge in [0.15, 0.2) is 0 Å². The Labute approximate surface area is 132 Å². The molecule has 0 aliphatic rings. The first-order valence-electron chi connectivity index (χ1n) is 7.85. The molecule has 114 valence electrons. The molecule has 1 heterocycles. The van der Waals surface area contributed by atoms with E-state index in [2.05, 4.69) is 24.9 Å². The molecule has 0 saturated heterocycles. The van der Waals surface area contributed by atoms with E-state index in [1.54, 1.807) is 0 Å². The van der Waals surface area contributed by atoms with Crippen LogP contribution < -0.4 is 4.74 Å². The molecule has 0 fully saturated rings. The predicted molar refractivity (Wildman–Crippen MR) is 90.1 cm³/mol. The lowest BCUT2D eigenvalue weighted by atomic mass is 10.0. The highest BCUT2D eigenvalue weighted by Gasteiger charge is 2.10. The van der Waals surface area contributed by atoms with Crippen LogP contribution in [0.2, 0.25) is 0 Å². The quantitative estimate of drug-likeness (QED) is 0.595. The maximum Gasteiger partial charge on any atom is 0.214 e. The first-order valence-corrected chi connectivity index (χ1v) is 8.39. The molecule has 21 heavy (non-hydrogen) atoms. The second-order valence-electron chi connectivity index (χ2n) is 5.50. The molecule has 0 bridgehead atoms. The summed E-state index contributed by atoms with van der Waals surface area (Å²) in [4.78, 5) is 4.59. The number of hydrogen-bond acceptors (Lipinski definition) is 2. The van der Waals surface area contributed by atoms with Crippen LogP contribution in [0.3, 0.4) is 0 Å². The second kappa shape index (κ2) is 8.23. The number of pyridine rings is 1. The van der Waals surface area contributed by atoms with Crippen molar-refractivity contribution in [3.8, 4) is 5.88 Å². The van der Waals surface area contributed by atoms with Crippen LogP contribution in [0.1, 0.15) is 45.1 Å². The van der Waals surface area contributed by atoms with Crippen LogP contribution in [-0.4, -0.2) is 11.6 Å². The van der Waals surface area contributed by atoms with Crippen molar-refractivity contribution in [2.45, 2.75) is 45.4 Å². The molecule has 2 rings (SSSR count). The number of para-hydroxylation sites is 1. The third kappa shape index (κ3) is 4.34. The van der Waals surface area contributed by atoms with Crippen LogP contribution in [0.15, 0.2) is 30.3 Å². The van der Waals surface area contributed by atoms with Gasteiger partial charge in [0.05, 0.1) is 12.1 Å². The zero-order valence-electron chi connectivity index (χ0n) is 12.9. The van der Waals surface area contributed by atoms with E-state index in [1.165, 1.54) is 19.3 Å². The number of alkyl halides is 1. The number of halogens is 1. The van der Waals surface area contributed by atoms with Gasteiger partial charge in [0.1, 0.15) is 0 Å². The molecule has 1 aromatic heterocycles. The van der Waals surface area contributed by atoms with Gasteiger partial charge in [-0.15, -0.1) is 11.6 Å². The van der Waals surface area contributed by atoms with Crippen LogP contribution in [0.4, 0.5) is 0 Å². The van der Waals surface area contributed by atoms with E-state index in [9.17, 15) is 0 Å².